The standard InChI is InChI=1S/C16H23BrO/c1-4-12-6-7-13(5-2)14(10-12)15(17)16-11(3)8-9-18-16/h6-7,10-11,15-16H,4-5,8-9H2,1-3H3. The molecule has 1 saturated heterocycles. The van der Waals surface area contributed by atoms with E-state index in [0.29, 0.717) is 16.8 Å². The maximum Gasteiger partial charge on any atom is 0.0767 e. The predicted octanol–water partition coefficient (Wildman–Crippen LogP) is 4.67. The third kappa shape index (κ3) is 2.80. The lowest BCUT2D eigenvalue weighted by Crippen LogP contribution is -2.20. The van der Waals surface area contributed by atoms with Crippen LogP contribution in [0.5, 0.6) is 0 Å². The van der Waals surface area contributed by atoms with E-state index in [1.165, 1.54) is 23.1 Å². The lowest BCUT2D eigenvalue weighted by atomic mass is 9.92. The van der Waals surface area contributed by atoms with Crippen LogP contribution in [0.4, 0.5) is 0 Å². The maximum absolute atomic E-state index is 5.91. The van der Waals surface area contributed by atoms with Crippen LogP contribution in [0.15, 0.2) is 18.2 Å². The van der Waals surface area contributed by atoms with E-state index in [2.05, 4.69) is 54.9 Å². The lowest BCUT2D eigenvalue weighted by Gasteiger charge is -2.24. The average Bonchev–Trinajstić information content (AvgIpc) is 2.83. The van der Waals surface area contributed by atoms with Crippen LogP contribution in [-0.2, 0) is 17.6 Å². The highest BCUT2D eigenvalue weighted by molar-refractivity contribution is 9.09. The Hall–Kier alpha value is -0.340. The quantitative estimate of drug-likeness (QED) is 0.734. The minimum Gasteiger partial charge on any atom is -0.376 e. The molecule has 1 fully saturated rings. The van der Waals surface area contributed by atoms with Crippen molar-refractivity contribution in [1.82, 2.24) is 0 Å². The van der Waals surface area contributed by atoms with Gasteiger partial charge in [-0.2, -0.15) is 0 Å². The number of hydrogen-bond acceptors (Lipinski definition) is 1. The number of benzene rings is 1. The normalized spacial score (nSPS) is 25.3. The summed E-state index contributed by atoms with van der Waals surface area (Å²) in [5.41, 5.74) is 4.28. The topological polar surface area (TPSA) is 9.23 Å². The second kappa shape index (κ2) is 6.21. The second-order valence-corrected chi connectivity index (χ2v) is 6.23. The van der Waals surface area contributed by atoms with E-state index in [1.54, 1.807) is 0 Å². The van der Waals surface area contributed by atoms with Crippen molar-refractivity contribution in [3.05, 3.63) is 34.9 Å². The van der Waals surface area contributed by atoms with Crippen molar-refractivity contribution < 1.29 is 4.74 Å². The van der Waals surface area contributed by atoms with Gasteiger partial charge in [0.25, 0.3) is 0 Å². The van der Waals surface area contributed by atoms with Gasteiger partial charge in [0.2, 0.25) is 0 Å². The fourth-order valence-corrected chi connectivity index (χ4v) is 3.81. The first-order valence-corrected chi connectivity index (χ1v) is 7.96. The molecule has 0 bridgehead atoms. The molecule has 0 aromatic heterocycles. The van der Waals surface area contributed by atoms with Crippen molar-refractivity contribution in [1.29, 1.82) is 0 Å². The van der Waals surface area contributed by atoms with Crippen LogP contribution in [0.3, 0.4) is 0 Å². The van der Waals surface area contributed by atoms with Crippen LogP contribution >= 0.6 is 15.9 Å². The van der Waals surface area contributed by atoms with Gasteiger partial charge < -0.3 is 4.74 Å². The molecule has 1 aromatic rings. The van der Waals surface area contributed by atoms with Gasteiger partial charge in [-0.25, -0.2) is 0 Å². The Bertz CT molecular complexity index is 402. The number of halogens is 1. The van der Waals surface area contributed by atoms with Crippen molar-refractivity contribution in [3.63, 3.8) is 0 Å². The molecule has 0 aliphatic carbocycles. The summed E-state index contributed by atoms with van der Waals surface area (Å²) in [7, 11) is 0. The molecule has 0 radical (unpaired) electrons. The molecule has 100 valence electrons. The number of ether oxygens (including phenoxy) is 1. The van der Waals surface area contributed by atoms with Gasteiger partial charge in [-0.15, -0.1) is 0 Å². The Balaban J connectivity index is 2.29. The van der Waals surface area contributed by atoms with Crippen molar-refractivity contribution in [3.8, 4) is 0 Å². The predicted molar refractivity (Wildman–Crippen MR) is 80.4 cm³/mol. The van der Waals surface area contributed by atoms with Gasteiger partial charge >= 0.3 is 0 Å². The van der Waals surface area contributed by atoms with Crippen LogP contribution in [0.1, 0.15) is 48.7 Å². The summed E-state index contributed by atoms with van der Waals surface area (Å²) in [6.07, 6.45) is 3.68. The zero-order valence-corrected chi connectivity index (χ0v) is 13.2. The lowest BCUT2D eigenvalue weighted by molar-refractivity contribution is 0.0933. The van der Waals surface area contributed by atoms with Crippen molar-refractivity contribution in [2.24, 2.45) is 5.92 Å². The molecular weight excluding hydrogens is 288 g/mol. The van der Waals surface area contributed by atoms with Crippen molar-refractivity contribution in [2.75, 3.05) is 6.61 Å². The number of rotatable bonds is 4. The summed E-state index contributed by atoms with van der Waals surface area (Å²) in [5, 5.41) is 0. The van der Waals surface area contributed by atoms with E-state index < -0.39 is 0 Å². The molecular formula is C16H23BrO. The highest BCUT2D eigenvalue weighted by Gasteiger charge is 2.32. The van der Waals surface area contributed by atoms with E-state index in [4.69, 9.17) is 4.74 Å². The Kier molecular flexibility index (Phi) is 4.85. The SMILES string of the molecule is CCc1ccc(CC)c(C(Br)C2OCCC2C)c1. The largest absolute Gasteiger partial charge is 0.376 e. The molecule has 0 saturated carbocycles. The van der Waals surface area contributed by atoms with Gasteiger partial charge in [-0.05, 0) is 41.9 Å². The Morgan fingerprint density at radius 1 is 1.33 bits per heavy atom. The molecule has 2 rings (SSSR count). The summed E-state index contributed by atoms with van der Waals surface area (Å²) < 4.78 is 5.91. The molecule has 1 aliphatic rings. The third-order valence-electron chi connectivity index (χ3n) is 4.03. The van der Waals surface area contributed by atoms with Crippen LogP contribution in [-0.4, -0.2) is 12.7 Å². The van der Waals surface area contributed by atoms with Crippen molar-refractivity contribution in [2.45, 2.75) is 51.0 Å². The number of alkyl halides is 1. The Morgan fingerprint density at radius 3 is 2.67 bits per heavy atom. The van der Waals surface area contributed by atoms with Gasteiger partial charge in [-0.1, -0.05) is 54.9 Å². The molecule has 1 heterocycles. The van der Waals surface area contributed by atoms with Gasteiger partial charge in [-0.3, -0.25) is 0 Å². The molecule has 18 heavy (non-hydrogen) atoms. The zero-order chi connectivity index (χ0) is 13.1. The molecule has 0 spiro atoms. The van der Waals surface area contributed by atoms with E-state index in [1.807, 2.05) is 0 Å². The fourth-order valence-electron chi connectivity index (χ4n) is 2.71. The van der Waals surface area contributed by atoms with E-state index in [0.717, 1.165) is 19.4 Å². The van der Waals surface area contributed by atoms with Gasteiger partial charge in [0.05, 0.1) is 10.9 Å². The number of aryl methyl sites for hydroxylation is 2. The average molecular weight is 311 g/mol. The summed E-state index contributed by atoms with van der Waals surface area (Å²) in [4.78, 5) is 0.330. The van der Waals surface area contributed by atoms with Gasteiger partial charge in [0.1, 0.15) is 0 Å². The Morgan fingerprint density at radius 2 is 2.11 bits per heavy atom. The van der Waals surface area contributed by atoms with Gasteiger partial charge in [0, 0.05) is 6.61 Å². The van der Waals surface area contributed by atoms with E-state index >= 15 is 0 Å². The fraction of sp³-hybridized carbons (Fsp3) is 0.625. The summed E-state index contributed by atoms with van der Waals surface area (Å²) in [6.45, 7) is 7.63. The maximum atomic E-state index is 5.91. The highest BCUT2D eigenvalue weighted by Crippen LogP contribution is 2.39. The minimum absolute atomic E-state index is 0.322. The first kappa shape index (κ1) is 14.1. The van der Waals surface area contributed by atoms with Gasteiger partial charge in [0.15, 0.2) is 0 Å². The second-order valence-electron chi connectivity index (χ2n) is 5.24. The monoisotopic (exact) mass is 310 g/mol. The molecule has 3 unspecified atom stereocenters. The molecule has 1 aliphatic heterocycles. The summed E-state index contributed by atoms with van der Waals surface area (Å²) in [6, 6.07) is 6.88. The van der Waals surface area contributed by atoms with E-state index in [9.17, 15) is 0 Å². The minimum atomic E-state index is 0.322. The summed E-state index contributed by atoms with van der Waals surface area (Å²) in [5.74, 6) is 0.643. The van der Waals surface area contributed by atoms with Crippen LogP contribution < -0.4 is 0 Å². The Labute approximate surface area is 119 Å². The number of hydrogen-bond donors (Lipinski definition) is 0. The smallest absolute Gasteiger partial charge is 0.0767 e. The first-order chi connectivity index (χ1) is 8.67. The first-order valence-electron chi connectivity index (χ1n) is 7.04. The van der Waals surface area contributed by atoms with Crippen LogP contribution in [0.25, 0.3) is 0 Å². The highest BCUT2D eigenvalue weighted by atomic mass is 79.9. The molecule has 1 nitrogen and oxygen atoms in total. The van der Waals surface area contributed by atoms with Crippen LogP contribution in [0.2, 0.25) is 0 Å². The third-order valence-corrected chi connectivity index (χ3v) is 5.04. The zero-order valence-electron chi connectivity index (χ0n) is 11.6. The van der Waals surface area contributed by atoms with Crippen molar-refractivity contribution >= 4 is 15.9 Å². The van der Waals surface area contributed by atoms with E-state index in [-0.39, 0.29) is 0 Å². The molecule has 1 aromatic carbocycles. The summed E-state index contributed by atoms with van der Waals surface area (Å²) >= 11 is 3.88. The molecule has 0 amide bonds. The molecule has 2 heteroatoms. The van der Waals surface area contributed by atoms with Crippen LogP contribution in [0, 0.1) is 5.92 Å². The molecule has 0 N–H and O–H groups in total. The molecule has 3 atom stereocenters.